The molecule has 3 rings (SSSR count). The fourth-order valence-corrected chi connectivity index (χ4v) is 2.20. The number of carbonyl (C=O) groups excluding carboxylic acids is 1. The zero-order valence-electron chi connectivity index (χ0n) is 11.7. The first-order valence-electron chi connectivity index (χ1n) is 6.45. The zero-order valence-corrected chi connectivity index (χ0v) is 12.5. The van der Waals surface area contributed by atoms with E-state index in [2.05, 4.69) is 20.5 Å². The molecule has 0 atom stereocenters. The quantitative estimate of drug-likeness (QED) is 0.746. The summed E-state index contributed by atoms with van der Waals surface area (Å²) in [6, 6.07) is 10.8. The SMILES string of the molecule is CSc1ccc(C(=O)Nc2nnc(-c3ccncc3)o2)cc1. The van der Waals surface area contributed by atoms with Crippen LogP contribution in [0.5, 0.6) is 0 Å². The Bertz CT molecular complexity index is 772. The van der Waals surface area contributed by atoms with E-state index in [-0.39, 0.29) is 11.9 Å². The Morgan fingerprint density at radius 3 is 2.50 bits per heavy atom. The second-order valence-electron chi connectivity index (χ2n) is 4.33. The van der Waals surface area contributed by atoms with Crippen LogP contribution in [0, 0.1) is 0 Å². The molecule has 7 heteroatoms. The molecule has 0 saturated heterocycles. The Morgan fingerprint density at radius 2 is 1.82 bits per heavy atom. The van der Waals surface area contributed by atoms with Crippen molar-refractivity contribution in [3.05, 3.63) is 54.4 Å². The Morgan fingerprint density at radius 1 is 1.09 bits per heavy atom. The molecule has 0 unspecified atom stereocenters. The molecule has 1 amide bonds. The molecule has 6 nitrogen and oxygen atoms in total. The summed E-state index contributed by atoms with van der Waals surface area (Å²) in [5, 5.41) is 10.3. The van der Waals surface area contributed by atoms with E-state index in [4.69, 9.17) is 4.42 Å². The van der Waals surface area contributed by atoms with Crippen molar-refractivity contribution in [2.24, 2.45) is 0 Å². The summed E-state index contributed by atoms with van der Waals surface area (Å²) in [5.74, 6) is 0.0352. The van der Waals surface area contributed by atoms with Gasteiger partial charge in [-0.3, -0.25) is 15.1 Å². The number of anilines is 1. The van der Waals surface area contributed by atoms with Gasteiger partial charge in [0.2, 0.25) is 5.89 Å². The summed E-state index contributed by atoms with van der Waals surface area (Å²) < 4.78 is 5.42. The summed E-state index contributed by atoms with van der Waals surface area (Å²) in [6.07, 6.45) is 5.24. The van der Waals surface area contributed by atoms with Gasteiger partial charge >= 0.3 is 6.01 Å². The Hall–Kier alpha value is -2.67. The van der Waals surface area contributed by atoms with Crippen LogP contribution in [-0.4, -0.2) is 27.3 Å². The highest BCUT2D eigenvalue weighted by Gasteiger charge is 2.12. The van der Waals surface area contributed by atoms with E-state index in [0.717, 1.165) is 10.5 Å². The van der Waals surface area contributed by atoms with Crippen molar-refractivity contribution in [3.63, 3.8) is 0 Å². The molecule has 0 spiro atoms. The molecule has 0 aliphatic carbocycles. The van der Waals surface area contributed by atoms with Crippen molar-refractivity contribution in [2.45, 2.75) is 4.90 Å². The highest BCUT2D eigenvalue weighted by molar-refractivity contribution is 7.98. The van der Waals surface area contributed by atoms with Crippen LogP contribution in [0.4, 0.5) is 6.01 Å². The highest BCUT2D eigenvalue weighted by atomic mass is 32.2. The first-order valence-corrected chi connectivity index (χ1v) is 7.68. The predicted molar refractivity (Wildman–Crippen MR) is 83.7 cm³/mol. The van der Waals surface area contributed by atoms with Gasteiger partial charge in [0.25, 0.3) is 5.91 Å². The van der Waals surface area contributed by atoms with Gasteiger partial charge in [-0.25, -0.2) is 0 Å². The third-order valence-corrected chi connectivity index (χ3v) is 3.67. The molecule has 3 aromatic rings. The monoisotopic (exact) mass is 312 g/mol. The number of pyridine rings is 1. The van der Waals surface area contributed by atoms with Crippen molar-refractivity contribution in [3.8, 4) is 11.5 Å². The number of benzene rings is 1. The van der Waals surface area contributed by atoms with Crippen LogP contribution in [-0.2, 0) is 0 Å². The van der Waals surface area contributed by atoms with Crippen LogP contribution < -0.4 is 5.32 Å². The molecule has 0 aliphatic rings. The number of amides is 1. The maximum Gasteiger partial charge on any atom is 0.322 e. The van der Waals surface area contributed by atoms with Gasteiger partial charge in [-0.2, -0.15) is 0 Å². The summed E-state index contributed by atoms with van der Waals surface area (Å²) in [6.45, 7) is 0. The van der Waals surface area contributed by atoms with Crippen molar-refractivity contribution in [1.29, 1.82) is 0 Å². The number of aromatic nitrogens is 3. The normalized spacial score (nSPS) is 10.4. The van der Waals surface area contributed by atoms with Gasteiger partial charge in [-0.1, -0.05) is 5.10 Å². The van der Waals surface area contributed by atoms with Crippen LogP contribution in [0.2, 0.25) is 0 Å². The molecule has 0 aliphatic heterocycles. The molecule has 1 N–H and O–H groups in total. The summed E-state index contributed by atoms with van der Waals surface area (Å²) in [5.41, 5.74) is 1.27. The minimum Gasteiger partial charge on any atom is -0.403 e. The third kappa shape index (κ3) is 3.15. The van der Waals surface area contributed by atoms with E-state index in [1.165, 1.54) is 0 Å². The second-order valence-corrected chi connectivity index (χ2v) is 5.21. The molecular weight excluding hydrogens is 300 g/mol. The van der Waals surface area contributed by atoms with Gasteiger partial charge in [0, 0.05) is 28.4 Å². The molecule has 0 saturated carbocycles. The topological polar surface area (TPSA) is 80.9 Å². The van der Waals surface area contributed by atoms with Gasteiger partial charge in [-0.15, -0.1) is 16.9 Å². The number of thioether (sulfide) groups is 1. The van der Waals surface area contributed by atoms with E-state index in [1.807, 2.05) is 18.4 Å². The standard InChI is InChI=1S/C15H12N4O2S/c1-22-12-4-2-10(3-5-12)13(20)17-15-19-18-14(21-15)11-6-8-16-9-7-11/h2-9H,1H3,(H,17,19,20). The number of nitrogens with zero attached hydrogens (tertiary/aromatic N) is 3. The molecule has 0 radical (unpaired) electrons. The number of rotatable bonds is 4. The maximum atomic E-state index is 12.1. The molecule has 0 fully saturated rings. The van der Waals surface area contributed by atoms with Crippen LogP contribution >= 0.6 is 11.8 Å². The Kier molecular flexibility index (Phi) is 4.15. The number of nitrogens with one attached hydrogen (secondary N) is 1. The van der Waals surface area contributed by atoms with E-state index in [1.54, 1.807) is 48.4 Å². The fraction of sp³-hybridized carbons (Fsp3) is 0.0667. The fourth-order valence-electron chi connectivity index (χ4n) is 1.80. The van der Waals surface area contributed by atoms with Crippen molar-refractivity contribution in [1.82, 2.24) is 15.2 Å². The van der Waals surface area contributed by atoms with Gasteiger partial charge in [0.15, 0.2) is 0 Å². The van der Waals surface area contributed by atoms with Crippen LogP contribution in [0.1, 0.15) is 10.4 Å². The Labute approximate surface area is 131 Å². The average Bonchev–Trinajstić information content (AvgIpc) is 3.04. The first kappa shape index (κ1) is 14.3. The largest absolute Gasteiger partial charge is 0.403 e. The molecule has 1 aromatic carbocycles. The van der Waals surface area contributed by atoms with Crippen LogP contribution in [0.25, 0.3) is 11.5 Å². The van der Waals surface area contributed by atoms with E-state index in [9.17, 15) is 4.79 Å². The van der Waals surface area contributed by atoms with Crippen molar-refractivity contribution >= 4 is 23.7 Å². The lowest BCUT2D eigenvalue weighted by atomic mass is 10.2. The molecule has 0 bridgehead atoms. The third-order valence-electron chi connectivity index (χ3n) is 2.92. The minimum absolute atomic E-state index is 0.0609. The minimum atomic E-state index is -0.294. The lowest BCUT2D eigenvalue weighted by Gasteiger charge is -2.01. The summed E-state index contributed by atoms with van der Waals surface area (Å²) >= 11 is 1.62. The van der Waals surface area contributed by atoms with Crippen molar-refractivity contribution < 1.29 is 9.21 Å². The van der Waals surface area contributed by atoms with E-state index in [0.29, 0.717) is 11.5 Å². The molecule has 110 valence electrons. The average molecular weight is 312 g/mol. The van der Waals surface area contributed by atoms with Gasteiger partial charge in [0.1, 0.15) is 0 Å². The number of hydrogen-bond donors (Lipinski definition) is 1. The van der Waals surface area contributed by atoms with Crippen LogP contribution in [0.15, 0.2) is 58.1 Å². The smallest absolute Gasteiger partial charge is 0.322 e. The summed E-state index contributed by atoms with van der Waals surface area (Å²) in [4.78, 5) is 17.1. The first-order chi connectivity index (χ1) is 10.8. The lowest BCUT2D eigenvalue weighted by molar-refractivity contribution is 0.102. The van der Waals surface area contributed by atoms with Crippen LogP contribution in [0.3, 0.4) is 0 Å². The van der Waals surface area contributed by atoms with Gasteiger partial charge in [0.05, 0.1) is 0 Å². The molecule has 2 heterocycles. The number of carbonyl (C=O) groups is 1. The van der Waals surface area contributed by atoms with Crippen molar-refractivity contribution in [2.75, 3.05) is 11.6 Å². The molecular formula is C15H12N4O2S. The molecule has 2 aromatic heterocycles. The Balaban J connectivity index is 1.73. The highest BCUT2D eigenvalue weighted by Crippen LogP contribution is 2.19. The zero-order chi connectivity index (χ0) is 15.4. The lowest BCUT2D eigenvalue weighted by Crippen LogP contribution is -2.11. The maximum absolute atomic E-state index is 12.1. The van der Waals surface area contributed by atoms with E-state index < -0.39 is 0 Å². The molecule has 22 heavy (non-hydrogen) atoms. The summed E-state index contributed by atoms with van der Waals surface area (Å²) in [7, 11) is 0. The van der Waals surface area contributed by atoms with E-state index >= 15 is 0 Å². The predicted octanol–water partition coefficient (Wildman–Crippen LogP) is 3.11. The van der Waals surface area contributed by atoms with Gasteiger partial charge in [-0.05, 0) is 42.7 Å². The second kappa shape index (κ2) is 6.40. The number of hydrogen-bond acceptors (Lipinski definition) is 6. The van der Waals surface area contributed by atoms with Gasteiger partial charge < -0.3 is 4.42 Å².